The van der Waals surface area contributed by atoms with Gasteiger partial charge in [0.1, 0.15) is 11.6 Å². The first-order valence-corrected chi connectivity index (χ1v) is 9.28. The maximum absolute atomic E-state index is 14.3. The third-order valence-corrected chi connectivity index (χ3v) is 4.75. The summed E-state index contributed by atoms with van der Waals surface area (Å²) < 4.78 is 33.2. The van der Waals surface area contributed by atoms with E-state index in [0.29, 0.717) is 36.6 Å². The number of ether oxygens (including phenoxy) is 1. The van der Waals surface area contributed by atoms with Crippen LogP contribution in [0, 0.1) is 23.5 Å². The van der Waals surface area contributed by atoms with E-state index in [2.05, 4.69) is 37.5 Å². The summed E-state index contributed by atoms with van der Waals surface area (Å²) in [6, 6.07) is 7.50. The molecule has 0 aliphatic carbocycles. The Bertz CT molecular complexity index is 1000. The van der Waals surface area contributed by atoms with Crippen LogP contribution in [-0.2, 0) is 4.74 Å². The number of pyridine rings is 1. The molecule has 0 saturated carbocycles. The van der Waals surface area contributed by atoms with Gasteiger partial charge in [-0.15, -0.1) is 0 Å². The van der Waals surface area contributed by atoms with Gasteiger partial charge in [-0.25, -0.2) is 8.78 Å². The Labute approximate surface area is 166 Å². The number of anilines is 3. The summed E-state index contributed by atoms with van der Waals surface area (Å²) in [4.78, 5) is 16.8. The number of rotatable bonds is 6. The van der Waals surface area contributed by atoms with Crippen LogP contribution in [0.1, 0.15) is 6.92 Å². The van der Waals surface area contributed by atoms with E-state index in [4.69, 9.17) is 4.74 Å². The first-order valence-electron chi connectivity index (χ1n) is 9.28. The second kappa shape index (κ2) is 8.44. The molecule has 2 atom stereocenters. The fraction of sp³-hybridized carbons (Fsp3) is 0.300. The number of hydrogen-bond acceptors (Lipinski definition) is 7. The van der Waals surface area contributed by atoms with Crippen LogP contribution >= 0.6 is 0 Å². The number of nitrogens with one attached hydrogen (secondary N) is 2. The van der Waals surface area contributed by atoms with E-state index < -0.39 is 11.6 Å². The van der Waals surface area contributed by atoms with Gasteiger partial charge in [-0.1, -0.05) is 19.1 Å². The van der Waals surface area contributed by atoms with Crippen molar-refractivity contribution in [1.82, 2.24) is 19.9 Å². The number of nitrogens with zero attached hydrogens (tertiary/aromatic N) is 4. The predicted molar refractivity (Wildman–Crippen MR) is 105 cm³/mol. The second-order valence-corrected chi connectivity index (χ2v) is 6.96. The van der Waals surface area contributed by atoms with Crippen molar-refractivity contribution in [3.63, 3.8) is 0 Å². The maximum atomic E-state index is 14.3. The Hall–Kier alpha value is -3.20. The highest BCUT2D eigenvalue weighted by molar-refractivity contribution is 5.61. The van der Waals surface area contributed by atoms with E-state index in [1.54, 1.807) is 18.2 Å². The zero-order valence-electron chi connectivity index (χ0n) is 15.8. The van der Waals surface area contributed by atoms with Gasteiger partial charge in [0, 0.05) is 25.1 Å². The van der Waals surface area contributed by atoms with Crippen molar-refractivity contribution in [2.24, 2.45) is 11.8 Å². The van der Waals surface area contributed by atoms with Crippen LogP contribution in [0.2, 0.25) is 0 Å². The van der Waals surface area contributed by atoms with Crippen LogP contribution in [0.25, 0.3) is 11.4 Å². The number of aromatic nitrogens is 4. The van der Waals surface area contributed by atoms with Crippen LogP contribution in [0.4, 0.5) is 26.4 Å². The molecule has 0 amide bonds. The topological polar surface area (TPSA) is 84.9 Å². The zero-order chi connectivity index (χ0) is 20.2. The molecule has 7 nitrogen and oxygen atoms in total. The molecule has 1 saturated heterocycles. The highest BCUT2D eigenvalue weighted by Gasteiger charge is 2.24. The molecular weight excluding hydrogens is 378 g/mol. The van der Waals surface area contributed by atoms with Crippen molar-refractivity contribution < 1.29 is 13.5 Å². The van der Waals surface area contributed by atoms with Crippen molar-refractivity contribution in [1.29, 1.82) is 0 Å². The minimum Gasteiger partial charge on any atom is -0.381 e. The quantitative estimate of drug-likeness (QED) is 0.656. The summed E-state index contributed by atoms with van der Waals surface area (Å²) in [7, 11) is 0. The van der Waals surface area contributed by atoms with Crippen LogP contribution in [0.15, 0.2) is 42.7 Å². The second-order valence-electron chi connectivity index (χ2n) is 6.96. The molecule has 29 heavy (non-hydrogen) atoms. The molecule has 3 heterocycles. The van der Waals surface area contributed by atoms with Crippen LogP contribution in [0.3, 0.4) is 0 Å². The maximum Gasteiger partial charge on any atom is 0.232 e. The van der Waals surface area contributed by atoms with Gasteiger partial charge < -0.3 is 15.4 Å². The van der Waals surface area contributed by atoms with Gasteiger partial charge >= 0.3 is 0 Å². The number of hydrogen-bond donors (Lipinski definition) is 2. The largest absolute Gasteiger partial charge is 0.381 e. The van der Waals surface area contributed by atoms with E-state index in [0.717, 1.165) is 12.8 Å². The third kappa shape index (κ3) is 4.62. The summed E-state index contributed by atoms with van der Waals surface area (Å²) in [6.07, 6.45) is 2.54. The molecule has 9 heteroatoms. The van der Waals surface area contributed by atoms with E-state index in [1.165, 1.54) is 18.3 Å². The summed E-state index contributed by atoms with van der Waals surface area (Å²) in [6.45, 7) is 4.13. The summed E-state index contributed by atoms with van der Waals surface area (Å²) in [5.74, 6) is 0.433. The molecule has 2 aromatic heterocycles. The monoisotopic (exact) mass is 398 g/mol. The molecule has 1 fully saturated rings. The lowest BCUT2D eigenvalue weighted by Crippen LogP contribution is -2.21. The Morgan fingerprint density at radius 3 is 2.66 bits per heavy atom. The molecule has 0 spiro atoms. The first-order chi connectivity index (χ1) is 14.1. The molecule has 1 aromatic carbocycles. The van der Waals surface area contributed by atoms with Gasteiger partial charge in [-0.3, -0.25) is 4.98 Å². The Kier molecular flexibility index (Phi) is 5.57. The minimum atomic E-state index is -0.494. The highest BCUT2D eigenvalue weighted by atomic mass is 19.1. The molecule has 3 aromatic rings. The van der Waals surface area contributed by atoms with Gasteiger partial charge in [0.15, 0.2) is 5.82 Å². The molecule has 1 aliphatic heterocycles. The first kappa shape index (κ1) is 19.1. The van der Waals surface area contributed by atoms with E-state index in [-0.39, 0.29) is 17.3 Å². The summed E-state index contributed by atoms with van der Waals surface area (Å²) in [5.41, 5.74) is 0.621. The van der Waals surface area contributed by atoms with E-state index in [1.807, 2.05) is 0 Å². The van der Waals surface area contributed by atoms with E-state index >= 15 is 0 Å². The SMILES string of the molecule is C[C@@H]1COC[C@@H]1CNc1nc(Nc2cncc(F)c2)nc(-c2ccccc2F)n1. The average molecular weight is 398 g/mol. The van der Waals surface area contributed by atoms with Crippen molar-refractivity contribution in [2.45, 2.75) is 6.92 Å². The molecule has 0 unspecified atom stereocenters. The molecule has 2 N–H and O–H groups in total. The summed E-state index contributed by atoms with van der Waals surface area (Å²) >= 11 is 0. The molecule has 4 rings (SSSR count). The molecule has 0 radical (unpaired) electrons. The van der Waals surface area contributed by atoms with Crippen LogP contribution in [0.5, 0.6) is 0 Å². The van der Waals surface area contributed by atoms with Gasteiger partial charge in [0.2, 0.25) is 11.9 Å². The van der Waals surface area contributed by atoms with Crippen molar-refractivity contribution in [2.75, 3.05) is 30.4 Å². The summed E-state index contributed by atoms with van der Waals surface area (Å²) in [5, 5.41) is 6.09. The van der Waals surface area contributed by atoms with Gasteiger partial charge in [-0.2, -0.15) is 15.0 Å². The Morgan fingerprint density at radius 1 is 1.07 bits per heavy atom. The molecular formula is C20H20F2N6O. The fourth-order valence-corrected chi connectivity index (χ4v) is 3.07. The molecule has 0 bridgehead atoms. The highest BCUT2D eigenvalue weighted by Crippen LogP contribution is 2.24. The fourth-order valence-electron chi connectivity index (χ4n) is 3.07. The van der Waals surface area contributed by atoms with Gasteiger partial charge in [-0.05, 0) is 18.1 Å². The predicted octanol–water partition coefficient (Wildman–Crippen LogP) is 3.65. The Morgan fingerprint density at radius 2 is 1.90 bits per heavy atom. The lowest BCUT2D eigenvalue weighted by molar-refractivity contribution is 0.182. The zero-order valence-corrected chi connectivity index (χ0v) is 15.8. The van der Waals surface area contributed by atoms with Gasteiger partial charge in [0.05, 0.1) is 30.3 Å². The third-order valence-electron chi connectivity index (χ3n) is 4.75. The van der Waals surface area contributed by atoms with Gasteiger partial charge in [0.25, 0.3) is 0 Å². The van der Waals surface area contributed by atoms with E-state index in [9.17, 15) is 8.78 Å². The smallest absolute Gasteiger partial charge is 0.232 e. The molecule has 1 aliphatic rings. The molecule has 150 valence electrons. The minimum absolute atomic E-state index is 0.156. The van der Waals surface area contributed by atoms with Crippen LogP contribution < -0.4 is 10.6 Å². The standard InChI is InChI=1S/C20H20F2N6O/c1-12-10-29-11-13(12)7-24-19-26-18(16-4-2-3-5-17(16)22)27-20(28-19)25-15-6-14(21)8-23-9-15/h2-6,8-9,12-13H,7,10-11H2,1H3,(H2,24,25,26,27,28)/t12-,13+/m1/s1. The number of benzene rings is 1. The number of halogens is 2. The normalized spacial score (nSPS) is 18.6. The van der Waals surface area contributed by atoms with Crippen molar-refractivity contribution in [3.05, 3.63) is 54.4 Å². The van der Waals surface area contributed by atoms with Crippen molar-refractivity contribution >= 4 is 17.6 Å². The lowest BCUT2D eigenvalue weighted by Gasteiger charge is -2.15. The Balaban J connectivity index is 1.64. The van der Waals surface area contributed by atoms with Crippen molar-refractivity contribution in [3.8, 4) is 11.4 Å². The lowest BCUT2D eigenvalue weighted by atomic mass is 9.98. The average Bonchev–Trinajstić information content (AvgIpc) is 3.11. The van der Waals surface area contributed by atoms with Crippen LogP contribution in [-0.4, -0.2) is 39.7 Å².